The first-order valence-electron chi connectivity index (χ1n) is 9.37. The third-order valence-corrected chi connectivity index (χ3v) is 6.09. The average Bonchev–Trinajstić information content (AvgIpc) is 3.27. The van der Waals surface area contributed by atoms with Gasteiger partial charge in [0.1, 0.15) is 0 Å². The highest BCUT2D eigenvalue weighted by molar-refractivity contribution is 7.13. The molecule has 144 valence electrons. The largest absolute Gasteiger partial charge is 0.454 e. The summed E-state index contributed by atoms with van der Waals surface area (Å²) in [5.41, 5.74) is 7.88. The molecule has 4 rings (SSSR count). The Morgan fingerprint density at radius 2 is 2.22 bits per heavy atom. The number of fused-ring (bicyclic) bond motifs is 1. The van der Waals surface area contributed by atoms with Crippen molar-refractivity contribution in [2.75, 3.05) is 25.6 Å². The zero-order valence-corrected chi connectivity index (χ0v) is 16.4. The van der Waals surface area contributed by atoms with Crippen molar-refractivity contribution in [2.24, 2.45) is 5.41 Å². The Balaban J connectivity index is 1.36. The topological polar surface area (TPSA) is 77.7 Å². The van der Waals surface area contributed by atoms with Crippen LogP contribution in [-0.2, 0) is 17.6 Å². The van der Waals surface area contributed by atoms with Crippen molar-refractivity contribution in [1.82, 2.24) is 9.88 Å². The molecular formula is C20H25N3O3S. The summed E-state index contributed by atoms with van der Waals surface area (Å²) in [6, 6.07) is 6.15. The molecule has 1 saturated heterocycles. The highest BCUT2D eigenvalue weighted by Gasteiger charge is 2.33. The van der Waals surface area contributed by atoms with Gasteiger partial charge >= 0.3 is 0 Å². The van der Waals surface area contributed by atoms with E-state index in [4.69, 9.17) is 15.2 Å². The van der Waals surface area contributed by atoms with Crippen LogP contribution in [0.15, 0.2) is 23.6 Å². The van der Waals surface area contributed by atoms with Crippen LogP contribution in [0.3, 0.4) is 0 Å². The van der Waals surface area contributed by atoms with Gasteiger partial charge in [-0.3, -0.25) is 4.79 Å². The highest BCUT2D eigenvalue weighted by atomic mass is 32.1. The van der Waals surface area contributed by atoms with E-state index in [1.165, 1.54) is 16.9 Å². The van der Waals surface area contributed by atoms with Gasteiger partial charge in [0.2, 0.25) is 12.7 Å². The van der Waals surface area contributed by atoms with Crippen LogP contribution in [0.2, 0.25) is 0 Å². The number of anilines is 1. The van der Waals surface area contributed by atoms with Gasteiger partial charge in [-0.1, -0.05) is 13.0 Å². The van der Waals surface area contributed by atoms with Gasteiger partial charge in [-0.2, -0.15) is 0 Å². The van der Waals surface area contributed by atoms with Crippen LogP contribution in [0.4, 0.5) is 5.13 Å². The van der Waals surface area contributed by atoms with Gasteiger partial charge in [-0.25, -0.2) is 4.98 Å². The molecule has 1 aromatic heterocycles. The fraction of sp³-hybridized carbons (Fsp3) is 0.500. The lowest BCUT2D eigenvalue weighted by Gasteiger charge is -2.41. The Hall–Kier alpha value is -2.28. The van der Waals surface area contributed by atoms with E-state index in [1.54, 1.807) is 0 Å². The summed E-state index contributed by atoms with van der Waals surface area (Å²) in [5, 5.41) is 2.49. The summed E-state index contributed by atoms with van der Waals surface area (Å²) in [6.45, 7) is 4.20. The fourth-order valence-corrected chi connectivity index (χ4v) is 4.64. The number of nitrogens with two attached hydrogens (primary N) is 1. The average molecular weight is 388 g/mol. The second-order valence-electron chi connectivity index (χ2n) is 7.77. The number of piperidine rings is 1. The van der Waals surface area contributed by atoms with E-state index in [0.29, 0.717) is 24.8 Å². The molecule has 0 bridgehead atoms. The normalized spacial score (nSPS) is 21.4. The van der Waals surface area contributed by atoms with E-state index in [9.17, 15) is 4.79 Å². The van der Waals surface area contributed by atoms with Gasteiger partial charge in [0.25, 0.3) is 0 Å². The quantitative estimate of drug-likeness (QED) is 0.852. The first-order valence-corrected chi connectivity index (χ1v) is 10.2. The molecule has 3 heterocycles. The molecule has 1 atom stereocenters. The predicted molar refractivity (Wildman–Crippen MR) is 105 cm³/mol. The SMILES string of the molecule is CC1(Cc2ccc3c(c2)OCO3)CCCN(C(=O)CCc2csc(N)n2)C1. The second-order valence-corrected chi connectivity index (χ2v) is 8.66. The molecule has 2 aliphatic rings. The van der Waals surface area contributed by atoms with Crippen molar-refractivity contribution in [3.63, 3.8) is 0 Å². The van der Waals surface area contributed by atoms with E-state index in [2.05, 4.69) is 24.0 Å². The van der Waals surface area contributed by atoms with E-state index >= 15 is 0 Å². The molecular weight excluding hydrogens is 362 g/mol. The van der Waals surface area contributed by atoms with Crippen LogP contribution in [0, 0.1) is 5.41 Å². The summed E-state index contributed by atoms with van der Waals surface area (Å²) in [7, 11) is 0. The van der Waals surface area contributed by atoms with Gasteiger partial charge in [0.05, 0.1) is 5.69 Å². The Kier molecular flexibility index (Phi) is 4.95. The first kappa shape index (κ1) is 18.1. The van der Waals surface area contributed by atoms with Gasteiger partial charge in [-0.05, 0) is 48.8 Å². The molecule has 1 amide bonds. The molecule has 2 aromatic rings. The van der Waals surface area contributed by atoms with Gasteiger partial charge < -0.3 is 20.1 Å². The zero-order valence-electron chi connectivity index (χ0n) is 15.6. The Morgan fingerprint density at radius 1 is 1.37 bits per heavy atom. The Labute approximate surface area is 163 Å². The summed E-state index contributed by atoms with van der Waals surface area (Å²) < 4.78 is 10.9. The van der Waals surface area contributed by atoms with Crippen molar-refractivity contribution in [3.05, 3.63) is 34.8 Å². The van der Waals surface area contributed by atoms with Crippen molar-refractivity contribution >= 4 is 22.4 Å². The molecule has 0 spiro atoms. The number of likely N-dealkylation sites (tertiary alicyclic amines) is 1. The lowest BCUT2D eigenvalue weighted by atomic mass is 9.77. The number of ether oxygens (including phenoxy) is 2. The monoisotopic (exact) mass is 387 g/mol. The van der Waals surface area contributed by atoms with Crippen molar-refractivity contribution in [1.29, 1.82) is 0 Å². The number of benzene rings is 1. The lowest BCUT2D eigenvalue weighted by molar-refractivity contribution is -0.134. The summed E-state index contributed by atoms with van der Waals surface area (Å²) in [6.07, 6.45) is 4.23. The molecule has 0 radical (unpaired) electrons. The van der Waals surface area contributed by atoms with E-state index in [-0.39, 0.29) is 11.3 Å². The molecule has 1 unspecified atom stereocenters. The Bertz CT molecular complexity index is 838. The smallest absolute Gasteiger partial charge is 0.231 e. The number of nitrogen functional groups attached to an aromatic ring is 1. The minimum atomic E-state index is 0.0761. The number of aryl methyl sites for hydroxylation is 1. The maximum atomic E-state index is 12.7. The Morgan fingerprint density at radius 3 is 3.04 bits per heavy atom. The molecule has 1 aromatic carbocycles. The number of thiazole rings is 1. The van der Waals surface area contributed by atoms with E-state index in [0.717, 1.165) is 49.5 Å². The fourth-order valence-electron chi connectivity index (χ4n) is 4.05. The van der Waals surface area contributed by atoms with Crippen molar-refractivity contribution in [3.8, 4) is 11.5 Å². The van der Waals surface area contributed by atoms with Gasteiger partial charge in [0, 0.05) is 24.9 Å². The maximum Gasteiger partial charge on any atom is 0.231 e. The number of nitrogens with zero attached hydrogens (tertiary/aromatic N) is 2. The van der Waals surface area contributed by atoms with Crippen LogP contribution in [-0.4, -0.2) is 35.7 Å². The van der Waals surface area contributed by atoms with E-state index in [1.807, 2.05) is 16.3 Å². The maximum absolute atomic E-state index is 12.7. The molecule has 1 fully saturated rings. The van der Waals surface area contributed by atoms with Crippen LogP contribution in [0.1, 0.15) is 37.4 Å². The van der Waals surface area contributed by atoms with E-state index < -0.39 is 0 Å². The summed E-state index contributed by atoms with van der Waals surface area (Å²) in [4.78, 5) is 19.0. The standard InChI is InChI=1S/C20H25N3O3S/c1-20(10-14-3-5-16-17(9-14)26-13-25-16)7-2-8-23(12-20)18(24)6-4-15-11-27-19(21)22-15/h3,5,9,11H,2,4,6-8,10,12-13H2,1H3,(H2,21,22). The van der Waals surface area contributed by atoms with Crippen LogP contribution >= 0.6 is 11.3 Å². The number of aromatic nitrogens is 1. The van der Waals surface area contributed by atoms with Crippen molar-refractivity contribution < 1.29 is 14.3 Å². The van der Waals surface area contributed by atoms with Crippen LogP contribution in [0.25, 0.3) is 0 Å². The molecule has 0 aliphatic carbocycles. The first-order chi connectivity index (χ1) is 13.0. The molecule has 6 nitrogen and oxygen atoms in total. The highest BCUT2D eigenvalue weighted by Crippen LogP contribution is 2.37. The number of hydrogen-bond acceptors (Lipinski definition) is 6. The molecule has 2 N–H and O–H groups in total. The predicted octanol–water partition coefficient (Wildman–Crippen LogP) is 3.26. The summed E-state index contributed by atoms with van der Waals surface area (Å²) >= 11 is 1.42. The minimum absolute atomic E-state index is 0.0761. The van der Waals surface area contributed by atoms with Gasteiger partial charge in [0.15, 0.2) is 16.6 Å². The number of rotatable bonds is 5. The third-order valence-electron chi connectivity index (χ3n) is 5.37. The van der Waals surface area contributed by atoms with Crippen LogP contribution in [0.5, 0.6) is 11.5 Å². The minimum Gasteiger partial charge on any atom is -0.454 e. The molecule has 0 saturated carbocycles. The zero-order chi connectivity index (χ0) is 18.9. The number of carbonyl (C=O) groups is 1. The molecule has 2 aliphatic heterocycles. The van der Waals surface area contributed by atoms with Crippen LogP contribution < -0.4 is 15.2 Å². The second kappa shape index (κ2) is 7.38. The number of carbonyl (C=O) groups excluding carboxylic acids is 1. The summed E-state index contributed by atoms with van der Waals surface area (Å²) in [5.74, 6) is 1.84. The number of amides is 1. The molecule has 27 heavy (non-hydrogen) atoms. The van der Waals surface area contributed by atoms with Gasteiger partial charge in [-0.15, -0.1) is 11.3 Å². The third kappa shape index (κ3) is 4.18. The van der Waals surface area contributed by atoms with Crippen molar-refractivity contribution in [2.45, 2.75) is 39.0 Å². The molecule has 7 heteroatoms. The number of hydrogen-bond donors (Lipinski definition) is 1. The lowest BCUT2D eigenvalue weighted by Crippen LogP contribution is -2.45.